The standard InChI is InChI=1S/C26H23Cl2F3N4O/c27-20-11-9-17(13-21(20)28)24-19(15-32-23-14-22(26(29,30)31)33-35(23)24)25(36)34-12-4-7-18(34)10-8-16-5-2-1-3-6-16/h1-3,5-6,9,11,13-15,18-19,24H,4,7-8,10,12H2. The third-order valence-corrected chi connectivity index (χ3v) is 7.56. The fraction of sp³-hybridized carbons (Fsp3) is 0.346. The fourth-order valence-electron chi connectivity index (χ4n) is 5.05. The van der Waals surface area contributed by atoms with Crippen molar-refractivity contribution in [2.45, 2.75) is 43.9 Å². The first-order valence-electron chi connectivity index (χ1n) is 11.7. The first kappa shape index (κ1) is 24.8. The maximum Gasteiger partial charge on any atom is 0.435 e. The first-order valence-corrected chi connectivity index (χ1v) is 12.5. The zero-order valence-electron chi connectivity index (χ0n) is 19.1. The topological polar surface area (TPSA) is 50.5 Å². The average molecular weight is 535 g/mol. The van der Waals surface area contributed by atoms with Gasteiger partial charge in [0, 0.05) is 24.9 Å². The smallest absolute Gasteiger partial charge is 0.339 e. The lowest BCUT2D eigenvalue weighted by Crippen LogP contribution is -2.44. The SMILES string of the molecule is O=C(C1C=Nc2cc(C(F)(F)F)nn2C1c1ccc(Cl)c(Cl)c1)N1CCCC1CCc1ccccc1. The number of amides is 1. The summed E-state index contributed by atoms with van der Waals surface area (Å²) in [6, 6.07) is 15.0. The average Bonchev–Trinajstić information content (AvgIpc) is 3.51. The van der Waals surface area contributed by atoms with Gasteiger partial charge < -0.3 is 4.90 Å². The van der Waals surface area contributed by atoms with Gasteiger partial charge in [0.2, 0.25) is 5.91 Å². The molecule has 2 aliphatic heterocycles. The van der Waals surface area contributed by atoms with Gasteiger partial charge in [0.1, 0.15) is 5.92 Å². The summed E-state index contributed by atoms with van der Waals surface area (Å²) in [5, 5.41) is 4.37. The third kappa shape index (κ3) is 4.89. The van der Waals surface area contributed by atoms with Crippen molar-refractivity contribution in [3.05, 3.63) is 81.5 Å². The molecule has 5 rings (SSSR count). The van der Waals surface area contributed by atoms with E-state index in [2.05, 4.69) is 22.2 Å². The summed E-state index contributed by atoms with van der Waals surface area (Å²) in [5.41, 5.74) is 0.673. The number of halogens is 5. The quantitative estimate of drug-likeness (QED) is 0.363. The second-order valence-electron chi connectivity index (χ2n) is 9.10. The van der Waals surface area contributed by atoms with Crippen LogP contribution in [0.3, 0.4) is 0 Å². The molecule has 36 heavy (non-hydrogen) atoms. The molecule has 0 radical (unpaired) electrons. The highest BCUT2D eigenvalue weighted by molar-refractivity contribution is 6.42. The van der Waals surface area contributed by atoms with Crippen molar-refractivity contribution in [1.29, 1.82) is 0 Å². The van der Waals surface area contributed by atoms with Crippen LogP contribution in [0, 0.1) is 5.92 Å². The van der Waals surface area contributed by atoms with Crippen molar-refractivity contribution >= 4 is 41.1 Å². The van der Waals surface area contributed by atoms with Crippen LogP contribution in [0.1, 0.15) is 42.1 Å². The largest absolute Gasteiger partial charge is 0.435 e. The van der Waals surface area contributed by atoms with Crippen LogP contribution in [0.5, 0.6) is 0 Å². The number of alkyl halides is 3. The molecule has 2 aliphatic rings. The van der Waals surface area contributed by atoms with Crippen molar-refractivity contribution in [2.75, 3.05) is 6.54 Å². The van der Waals surface area contributed by atoms with Gasteiger partial charge in [-0.15, -0.1) is 0 Å². The summed E-state index contributed by atoms with van der Waals surface area (Å²) in [6.07, 6.45) is 0.200. The Hall–Kier alpha value is -2.84. The van der Waals surface area contributed by atoms with E-state index in [1.54, 1.807) is 18.2 Å². The lowest BCUT2D eigenvalue weighted by molar-refractivity contribution is -0.141. The normalized spacial score (nSPS) is 21.6. The van der Waals surface area contributed by atoms with Crippen LogP contribution in [0.2, 0.25) is 10.0 Å². The predicted molar refractivity (Wildman–Crippen MR) is 133 cm³/mol. The zero-order valence-corrected chi connectivity index (χ0v) is 20.6. The van der Waals surface area contributed by atoms with Crippen LogP contribution in [-0.4, -0.2) is 39.4 Å². The molecule has 188 valence electrons. The summed E-state index contributed by atoms with van der Waals surface area (Å²) < 4.78 is 41.6. The molecule has 10 heteroatoms. The number of aryl methyl sites for hydroxylation is 1. The number of nitrogens with zero attached hydrogens (tertiary/aromatic N) is 4. The van der Waals surface area contributed by atoms with Crippen molar-refractivity contribution in [3.8, 4) is 0 Å². The van der Waals surface area contributed by atoms with Crippen molar-refractivity contribution < 1.29 is 18.0 Å². The fourth-order valence-corrected chi connectivity index (χ4v) is 5.36. The number of likely N-dealkylation sites (tertiary alicyclic amines) is 1. The van der Waals surface area contributed by atoms with E-state index in [1.807, 2.05) is 23.1 Å². The molecule has 3 atom stereocenters. The molecule has 3 heterocycles. The Morgan fingerprint density at radius 3 is 2.56 bits per heavy atom. The van der Waals surface area contributed by atoms with Crippen molar-refractivity contribution in [1.82, 2.24) is 14.7 Å². The van der Waals surface area contributed by atoms with Gasteiger partial charge >= 0.3 is 6.18 Å². The minimum atomic E-state index is -4.64. The predicted octanol–water partition coefficient (Wildman–Crippen LogP) is 6.75. The van der Waals surface area contributed by atoms with Crippen LogP contribution in [-0.2, 0) is 17.4 Å². The van der Waals surface area contributed by atoms with Crippen LogP contribution < -0.4 is 0 Å². The molecule has 3 aromatic rings. The minimum absolute atomic E-state index is 0.0319. The molecule has 1 aromatic heterocycles. The minimum Gasteiger partial charge on any atom is -0.339 e. The Balaban J connectivity index is 1.46. The van der Waals surface area contributed by atoms with Crippen LogP contribution in [0.15, 0.2) is 59.6 Å². The van der Waals surface area contributed by atoms with E-state index in [-0.39, 0.29) is 22.8 Å². The number of rotatable bonds is 5. The zero-order chi connectivity index (χ0) is 25.4. The summed E-state index contributed by atoms with van der Waals surface area (Å²) in [7, 11) is 0. The van der Waals surface area contributed by atoms with E-state index in [9.17, 15) is 18.0 Å². The Bertz CT molecular complexity index is 1290. The van der Waals surface area contributed by atoms with Crippen LogP contribution >= 0.6 is 23.2 Å². The summed E-state index contributed by atoms with van der Waals surface area (Å²) >= 11 is 12.3. The highest BCUT2D eigenvalue weighted by atomic mass is 35.5. The molecule has 5 nitrogen and oxygen atoms in total. The maximum absolute atomic E-state index is 13.9. The van der Waals surface area contributed by atoms with E-state index in [0.717, 1.165) is 31.7 Å². The summed E-state index contributed by atoms with van der Waals surface area (Å²) in [4.78, 5) is 19.9. The number of hydrogen-bond acceptors (Lipinski definition) is 3. The van der Waals surface area contributed by atoms with Gasteiger partial charge in [0.25, 0.3) is 0 Å². The van der Waals surface area contributed by atoms with Gasteiger partial charge in [-0.2, -0.15) is 18.3 Å². The molecule has 3 unspecified atom stereocenters. The molecular weight excluding hydrogens is 512 g/mol. The number of carbonyl (C=O) groups excluding carboxylic acids is 1. The van der Waals surface area contributed by atoms with Gasteiger partial charge in [-0.25, -0.2) is 9.67 Å². The van der Waals surface area contributed by atoms with E-state index in [1.165, 1.54) is 16.5 Å². The maximum atomic E-state index is 13.9. The monoisotopic (exact) mass is 534 g/mol. The number of fused-ring (bicyclic) bond motifs is 1. The second-order valence-corrected chi connectivity index (χ2v) is 9.92. The Labute approximate surface area is 216 Å². The molecule has 0 spiro atoms. The molecule has 1 saturated heterocycles. The number of hydrogen-bond donors (Lipinski definition) is 0. The highest BCUT2D eigenvalue weighted by Crippen LogP contribution is 2.40. The van der Waals surface area contributed by atoms with Gasteiger partial charge in [0.15, 0.2) is 11.5 Å². The molecule has 0 N–H and O–H groups in total. The van der Waals surface area contributed by atoms with Crippen molar-refractivity contribution in [2.24, 2.45) is 10.9 Å². The molecule has 1 amide bonds. The third-order valence-electron chi connectivity index (χ3n) is 6.82. The first-order chi connectivity index (χ1) is 17.2. The van der Waals surface area contributed by atoms with Gasteiger partial charge in [0.05, 0.1) is 16.1 Å². The molecule has 2 aromatic carbocycles. The van der Waals surface area contributed by atoms with E-state index in [0.29, 0.717) is 17.1 Å². The summed E-state index contributed by atoms with van der Waals surface area (Å²) in [5.74, 6) is -0.988. The number of aromatic nitrogens is 2. The Kier molecular flexibility index (Phi) is 6.83. The molecule has 0 aliphatic carbocycles. The number of benzene rings is 2. The van der Waals surface area contributed by atoms with Crippen LogP contribution in [0.25, 0.3) is 0 Å². The molecule has 0 bridgehead atoms. The molecular formula is C26H23Cl2F3N4O. The van der Waals surface area contributed by atoms with E-state index in [4.69, 9.17) is 23.2 Å². The number of carbonyl (C=O) groups is 1. The van der Waals surface area contributed by atoms with Crippen molar-refractivity contribution in [3.63, 3.8) is 0 Å². The lowest BCUT2D eigenvalue weighted by atomic mass is 9.91. The molecule has 1 fully saturated rings. The van der Waals surface area contributed by atoms with Crippen LogP contribution in [0.4, 0.5) is 19.0 Å². The molecule has 0 saturated carbocycles. The van der Waals surface area contributed by atoms with Gasteiger partial charge in [-0.3, -0.25) is 4.79 Å². The number of aliphatic imine (C=N–C) groups is 1. The van der Waals surface area contributed by atoms with E-state index < -0.39 is 23.8 Å². The van der Waals surface area contributed by atoms with E-state index >= 15 is 0 Å². The Morgan fingerprint density at radius 2 is 1.83 bits per heavy atom. The lowest BCUT2D eigenvalue weighted by Gasteiger charge is -2.33. The Morgan fingerprint density at radius 1 is 1.06 bits per heavy atom. The summed E-state index contributed by atoms with van der Waals surface area (Å²) in [6.45, 7) is 0.594. The van der Waals surface area contributed by atoms with Gasteiger partial charge in [-0.05, 0) is 48.9 Å². The second kappa shape index (κ2) is 9.90. The highest BCUT2D eigenvalue weighted by Gasteiger charge is 2.43. The van der Waals surface area contributed by atoms with Gasteiger partial charge in [-0.1, -0.05) is 59.6 Å².